The Morgan fingerprint density at radius 1 is 0.286 bits per heavy atom. The summed E-state index contributed by atoms with van der Waals surface area (Å²) in [5, 5.41) is 2.43. The summed E-state index contributed by atoms with van der Waals surface area (Å²) >= 11 is 0. The highest BCUT2D eigenvalue weighted by atomic mass is 15.1. The number of anilines is 6. The quantitative estimate of drug-likeness (QED) is 0.143. The van der Waals surface area contributed by atoms with Crippen LogP contribution in [0.2, 0.25) is 0 Å². The predicted molar refractivity (Wildman–Crippen MR) is 267 cm³/mol. The van der Waals surface area contributed by atoms with Crippen molar-refractivity contribution in [2.75, 3.05) is 9.80 Å². The maximum Gasteiger partial charge on any atom is 0.0540 e. The van der Waals surface area contributed by atoms with Gasteiger partial charge < -0.3 is 9.80 Å². The topological polar surface area (TPSA) is 6.48 Å². The van der Waals surface area contributed by atoms with Crippen molar-refractivity contribution < 1.29 is 0 Å². The van der Waals surface area contributed by atoms with Gasteiger partial charge in [-0.25, -0.2) is 0 Å². The van der Waals surface area contributed by atoms with Crippen LogP contribution in [0.1, 0.15) is 25.0 Å². The first-order valence-corrected chi connectivity index (χ1v) is 21.8. The smallest absolute Gasteiger partial charge is 0.0540 e. The van der Waals surface area contributed by atoms with Crippen molar-refractivity contribution in [1.82, 2.24) is 0 Å². The van der Waals surface area contributed by atoms with Crippen molar-refractivity contribution in [3.63, 3.8) is 0 Å². The Labute approximate surface area is 370 Å². The van der Waals surface area contributed by atoms with E-state index in [-0.39, 0.29) is 5.41 Å². The molecule has 0 radical (unpaired) electrons. The molecule has 10 aromatic carbocycles. The third kappa shape index (κ3) is 6.96. The lowest BCUT2D eigenvalue weighted by molar-refractivity contribution is 0.660. The molecule has 0 fully saturated rings. The first-order chi connectivity index (χ1) is 31.0. The molecule has 2 heteroatoms. The monoisotopic (exact) mass is 806 g/mol. The van der Waals surface area contributed by atoms with E-state index in [0.717, 1.165) is 34.1 Å². The average molecular weight is 807 g/mol. The molecular weight excluding hydrogens is 761 g/mol. The van der Waals surface area contributed by atoms with Crippen LogP contribution < -0.4 is 9.80 Å². The van der Waals surface area contributed by atoms with Gasteiger partial charge in [0.2, 0.25) is 0 Å². The highest BCUT2D eigenvalue weighted by molar-refractivity contribution is 5.99. The molecule has 1 aliphatic carbocycles. The van der Waals surface area contributed by atoms with Gasteiger partial charge in [0.1, 0.15) is 0 Å². The Morgan fingerprint density at radius 3 is 1.22 bits per heavy atom. The standard InChI is InChI=1S/C61H46N2/c1-61(2)58-22-12-11-21-56(58)57-41-40-54(42-59(57)61)62(50-32-24-45(25-33-50)43-14-5-3-6-15-43)51-34-26-47(27-35-51)48-30-38-53(39-31-48)63(60-23-13-19-49-18-9-10-20-55(49)60)52-36-28-46(29-37-52)44-16-7-4-8-17-44/h3-42H,1-2H3. The molecule has 0 bridgehead atoms. The molecule has 1 aliphatic rings. The first-order valence-electron chi connectivity index (χ1n) is 21.8. The summed E-state index contributed by atoms with van der Waals surface area (Å²) in [4.78, 5) is 4.77. The largest absolute Gasteiger partial charge is 0.310 e. The molecule has 0 heterocycles. The van der Waals surface area contributed by atoms with E-state index in [4.69, 9.17) is 0 Å². The summed E-state index contributed by atoms with van der Waals surface area (Å²) in [6, 6.07) is 88.2. The Balaban J connectivity index is 0.948. The van der Waals surface area contributed by atoms with E-state index in [0.29, 0.717) is 0 Å². The van der Waals surface area contributed by atoms with E-state index in [1.54, 1.807) is 0 Å². The van der Waals surface area contributed by atoms with E-state index in [2.05, 4.69) is 266 Å². The van der Waals surface area contributed by atoms with Gasteiger partial charge in [0.25, 0.3) is 0 Å². The van der Waals surface area contributed by atoms with Crippen LogP contribution in [0.5, 0.6) is 0 Å². The summed E-state index contributed by atoms with van der Waals surface area (Å²) in [5.41, 5.74) is 19.2. The molecule has 0 atom stereocenters. The van der Waals surface area contributed by atoms with E-state index < -0.39 is 0 Å². The molecule has 0 aromatic heterocycles. The van der Waals surface area contributed by atoms with Gasteiger partial charge in [-0.2, -0.15) is 0 Å². The second kappa shape index (κ2) is 15.8. The SMILES string of the molecule is CC1(C)c2ccccc2-c2ccc(N(c3ccc(-c4ccccc4)cc3)c3ccc(-c4ccc(N(c5ccc(-c6ccccc6)cc5)c5cccc6ccccc56)cc4)cc3)cc21. The Hall–Kier alpha value is -7.94. The lowest BCUT2D eigenvalue weighted by Crippen LogP contribution is -2.16. The minimum Gasteiger partial charge on any atom is -0.310 e. The van der Waals surface area contributed by atoms with E-state index >= 15 is 0 Å². The zero-order valence-corrected chi connectivity index (χ0v) is 35.5. The zero-order chi connectivity index (χ0) is 42.3. The summed E-state index contributed by atoms with van der Waals surface area (Å²) in [6.07, 6.45) is 0. The van der Waals surface area contributed by atoms with Gasteiger partial charge in [0, 0.05) is 39.2 Å². The van der Waals surface area contributed by atoms with Gasteiger partial charge in [-0.1, -0.05) is 190 Å². The number of hydrogen-bond donors (Lipinski definition) is 0. The average Bonchev–Trinajstić information content (AvgIpc) is 3.58. The molecule has 11 rings (SSSR count). The fourth-order valence-electron chi connectivity index (χ4n) is 9.58. The maximum atomic E-state index is 2.41. The molecule has 63 heavy (non-hydrogen) atoms. The normalized spacial score (nSPS) is 12.4. The number of nitrogens with zero attached hydrogens (tertiary/aromatic N) is 2. The van der Waals surface area contributed by atoms with Crippen LogP contribution in [-0.4, -0.2) is 0 Å². The van der Waals surface area contributed by atoms with Crippen molar-refractivity contribution in [2.24, 2.45) is 0 Å². The van der Waals surface area contributed by atoms with Crippen molar-refractivity contribution in [3.05, 3.63) is 254 Å². The van der Waals surface area contributed by atoms with Gasteiger partial charge in [-0.15, -0.1) is 0 Å². The van der Waals surface area contributed by atoms with Crippen LogP contribution in [0, 0.1) is 0 Å². The maximum absolute atomic E-state index is 2.41. The second-order valence-electron chi connectivity index (χ2n) is 17.0. The van der Waals surface area contributed by atoms with Crippen LogP contribution in [-0.2, 0) is 5.41 Å². The fourth-order valence-corrected chi connectivity index (χ4v) is 9.58. The van der Waals surface area contributed by atoms with Gasteiger partial charge in [0.15, 0.2) is 0 Å². The lowest BCUT2D eigenvalue weighted by atomic mass is 9.82. The summed E-state index contributed by atoms with van der Waals surface area (Å²) in [6.45, 7) is 4.70. The molecule has 10 aromatic rings. The highest BCUT2D eigenvalue weighted by Crippen LogP contribution is 2.51. The highest BCUT2D eigenvalue weighted by Gasteiger charge is 2.35. The van der Waals surface area contributed by atoms with Crippen molar-refractivity contribution in [2.45, 2.75) is 19.3 Å². The molecule has 0 saturated heterocycles. The van der Waals surface area contributed by atoms with Crippen molar-refractivity contribution in [1.29, 1.82) is 0 Å². The minimum absolute atomic E-state index is 0.102. The molecule has 0 spiro atoms. The molecule has 0 N–H and O–H groups in total. The van der Waals surface area contributed by atoms with Crippen molar-refractivity contribution >= 4 is 44.9 Å². The van der Waals surface area contributed by atoms with E-state index in [1.807, 2.05) is 0 Å². The van der Waals surface area contributed by atoms with E-state index in [9.17, 15) is 0 Å². The van der Waals surface area contributed by atoms with Crippen LogP contribution in [0.3, 0.4) is 0 Å². The molecule has 0 amide bonds. The molecular formula is C61H46N2. The third-order valence-corrected chi connectivity index (χ3v) is 12.9. The molecule has 300 valence electrons. The van der Waals surface area contributed by atoms with Crippen LogP contribution in [0.4, 0.5) is 34.1 Å². The van der Waals surface area contributed by atoms with Gasteiger partial charge in [-0.05, 0) is 128 Å². The van der Waals surface area contributed by atoms with Crippen LogP contribution in [0.15, 0.2) is 243 Å². The summed E-state index contributed by atoms with van der Waals surface area (Å²) in [7, 11) is 0. The Kier molecular flexibility index (Phi) is 9.55. The van der Waals surface area contributed by atoms with Crippen LogP contribution >= 0.6 is 0 Å². The third-order valence-electron chi connectivity index (χ3n) is 12.9. The molecule has 0 aliphatic heterocycles. The number of hydrogen-bond acceptors (Lipinski definition) is 2. The van der Waals surface area contributed by atoms with Crippen LogP contribution in [0.25, 0.3) is 55.3 Å². The Bertz CT molecular complexity index is 3200. The summed E-state index contributed by atoms with van der Waals surface area (Å²) < 4.78 is 0. The van der Waals surface area contributed by atoms with Gasteiger partial charge in [0.05, 0.1) is 5.69 Å². The Morgan fingerprint density at radius 2 is 0.683 bits per heavy atom. The second-order valence-corrected chi connectivity index (χ2v) is 17.0. The molecule has 0 unspecified atom stereocenters. The first kappa shape index (κ1) is 38.0. The lowest BCUT2D eigenvalue weighted by Gasteiger charge is -2.28. The molecule has 2 nitrogen and oxygen atoms in total. The number of benzene rings is 10. The summed E-state index contributed by atoms with van der Waals surface area (Å²) in [5.74, 6) is 0. The minimum atomic E-state index is -0.102. The molecule has 0 saturated carbocycles. The van der Waals surface area contributed by atoms with Gasteiger partial charge in [-0.3, -0.25) is 0 Å². The van der Waals surface area contributed by atoms with Crippen molar-refractivity contribution in [3.8, 4) is 44.5 Å². The fraction of sp³-hybridized carbons (Fsp3) is 0.0492. The zero-order valence-electron chi connectivity index (χ0n) is 35.5. The predicted octanol–water partition coefficient (Wildman–Crippen LogP) is 17.1. The number of fused-ring (bicyclic) bond motifs is 4. The number of rotatable bonds is 9. The van der Waals surface area contributed by atoms with Gasteiger partial charge >= 0.3 is 0 Å². The van der Waals surface area contributed by atoms with E-state index in [1.165, 1.54) is 66.4 Å².